The zero-order valence-corrected chi connectivity index (χ0v) is 8.83. The first-order valence-corrected chi connectivity index (χ1v) is 4.54. The van der Waals surface area contributed by atoms with E-state index in [-0.39, 0.29) is 0 Å². The van der Waals surface area contributed by atoms with Gasteiger partial charge >= 0.3 is 0 Å². The Labute approximate surface area is 76.0 Å². The Bertz CT molecular complexity index is 169. The predicted molar refractivity (Wildman–Crippen MR) is 55.4 cm³/mol. The fourth-order valence-electron chi connectivity index (χ4n) is 1.17. The number of allylic oxidation sites excluding steroid dienone is 1. The van der Waals surface area contributed by atoms with Gasteiger partial charge in [-0.2, -0.15) is 0 Å². The summed E-state index contributed by atoms with van der Waals surface area (Å²) >= 11 is 0. The number of aliphatic imine (C=N–C) groups is 1. The Morgan fingerprint density at radius 3 is 2.33 bits per heavy atom. The van der Waals surface area contributed by atoms with Crippen molar-refractivity contribution >= 4 is 5.84 Å². The lowest BCUT2D eigenvalue weighted by molar-refractivity contribution is 0.450. The van der Waals surface area contributed by atoms with Crippen LogP contribution in [0.25, 0.3) is 0 Å². The van der Waals surface area contributed by atoms with Crippen molar-refractivity contribution in [3.05, 3.63) is 12.3 Å². The molecule has 0 aliphatic heterocycles. The second kappa shape index (κ2) is 5.81. The van der Waals surface area contributed by atoms with Crippen molar-refractivity contribution in [3.63, 3.8) is 0 Å². The minimum atomic E-state index is 0.486. The maximum atomic E-state index is 4.24. The highest BCUT2D eigenvalue weighted by atomic mass is 15.2. The predicted octanol–water partition coefficient (Wildman–Crippen LogP) is 2.67. The Balaban J connectivity index is 4.48. The summed E-state index contributed by atoms with van der Waals surface area (Å²) in [5.74, 6) is 1.14. The molecule has 0 aromatic heterocycles. The normalized spacial score (nSPS) is 13.0. The average molecular weight is 168 g/mol. The number of rotatable bonds is 3. The highest BCUT2D eigenvalue weighted by molar-refractivity contribution is 5.83. The van der Waals surface area contributed by atoms with Crippen molar-refractivity contribution in [3.8, 4) is 0 Å². The van der Waals surface area contributed by atoms with Crippen molar-refractivity contribution in [1.29, 1.82) is 0 Å². The van der Waals surface area contributed by atoms with Crippen molar-refractivity contribution in [2.75, 3.05) is 7.05 Å². The molecule has 0 bridgehead atoms. The lowest BCUT2D eigenvalue weighted by atomic mass is 10.3. The minimum Gasteiger partial charge on any atom is -0.335 e. The molecule has 0 aromatic carbocycles. The van der Waals surface area contributed by atoms with E-state index in [4.69, 9.17) is 0 Å². The van der Waals surface area contributed by atoms with E-state index in [1.807, 2.05) is 20.0 Å². The SMILES string of the molecule is C/C=C\N(C(CC)=NC)C(C)C. The molecule has 0 aliphatic carbocycles. The molecular formula is C10H20N2. The van der Waals surface area contributed by atoms with Gasteiger partial charge in [0, 0.05) is 25.7 Å². The van der Waals surface area contributed by atoms with Crippen LogP contribution in [0.15, 0.2) is 17.3 Å². The van der Waals surface area contributed by atoms with Crippen molar-refractivity contribution in [2.45, 2.75) is 40.2 Å². The van der Waals surface area contributed by atoms with Crippen LogP contribution in [0.3, 0.4) is 0 Å². The average Bonchev–Trinajstić information content (AvgIpc) is 2.05. The molecule has 0 fully saturated rings. The van der Waals surface area contributed by atoms with E-state index in [0.717, 1.165) is 12.3 Å². The first-order valence-electron chi connectivity index (χ1n) is 4.54. The topological polar surface area (TPSA) is 15.6 Å². The van der Waals surface area contributed by atoms with Crippen LogP contribution in [0.5, 0.6) is 0 Å². The number of hydrogen-bond acceptors (Lipinski definition) is 1. The lowest BCUT2D eigenvalue weighted by Crippen LogP contribution is -2.31. The summed E-state index contributed by atoms with van der Waals surface area (Å²) in [6, 6.07) is 0.486. The molecule has 0 rings (SSSR count). The van der Waals surface area contributed by atoms with Gasteiger partial charge in [-0.1, -0.05) is 13.0 Å². The van der Waals surface area contributed by atoms with Gasteiger partial charge in [0.2, 0.25) is 0 Å². The fraction of sp³-hybridized carbons (Fsp3) is 0.700. The summed E-state index contributed by atoms with van der Waals surface area (Å²) in [6.07, 6.45) is 5.11. The van der Waals surface area contributed by atoms with Gasteiger partial charge < -0.3 is 4.90 Å². The Morgan fingerprint density at radius 1 is 1.50 bits per heavy atom. The van der Waals surface area contributed by atoms with Gasteiger partial charge in [0.15, 0.2) is 0 Å². The molecule has 0 aromatic rings. The van der Waals surface area contributed by atoms with Crippen molar-refractivity contribution < 1.29 is 0 Å². The van der Waals surface area contributed by atoms with E-state index in [2.05, 4.69) is 36.9 Å². The van der Waals surface area contributed by atoms with Gasteiger partial charge in [0.05, 0.1) is 0 Å². The van der Waals surface area contributed by atoms with Crippen LogP contribution in [0.1, 0.15) is 34.1 Å². The van der Waals surface area contributed by atoms with E-state index in [1.165, 1.54) is 0 Å². The second-order valence-corrected chi connectivity index (χ2v) is 2.98. The molecule has 0 N–H and O–H groups in total. The van der Waals surface area contributed by atoms with Crippen LogP contribution in [-0.4, -0.2) is 23.8 Å². The zero-order valence-electron chi connectivity index (χ0n) is 8.83. The van der Waals surface area contributed by atoms with E-state index in [0.29, 0.717) is 6.04 Å². The summed E-state index contributed by atoms with van der Waals surface area (Å²) in [5, 5.41) is 0. The molecule has 0 atom stereocenters. The van der Waals surface area contributed by atoms with Gasteiger partial charge in [-0.3, -0.25) is 4.99 Å². The summed E-state index contributed by atoms with van der Waals surface area (Å²) in [6.45, 7) is 8.49. The second-order valence-electron chi connectivity index (χ2n) is 2.98. The third-order valence-corrected chi connectivity index (χ3v) is 1.74. The van der Waals surface area contributed by atoms with Crippen LogP contribution < -0.4 is 0 Å². The Hall–Kier alpha value is -0.790. The van der Waals surface area contributed by atoms with Gasteiger partial charge in [0.25, 0.3) is 0 Å². The van der Waals surface area contributed by atoms with Gasteiger partial charge in [0.1, 0.15) is 5.84 Å². The van der Waals surface area contributed by atoms with Crippen LogP contribution in [0, 0.1) is 0 Å². The monoisotopic (exact) mass is 168 g/mol. The molecule has 0 spiro atoms. The smallest absolute Gasteiger partial charge is 0.102 e. The van der Waals surface area contributed by atoms with Crippen LogP contribution in [0.2, 0.25) is 0 Å². The zero-order chi connectivity index (χ0) is 9.56. The molecule has 70 valence electrons. The number of hydrogen-bond donors (Lipinski definition) is 0. The molecule has 2 nitrogen and oxygen atoms in total. The first kappa shape index (κ1) is 11.2. The molecule has 0 saturated carbocycles. The fourth-order valence-corrected chi connectivity index (χ4v) is 1.17. The van der Waals surface area contributed by atoms with Crippen LogP contribution >= 0.6 is 0 Å². The largest absolute Gasteiger partial charge is 0.335 e. The molecule has 0 radical (unpaired) electrons. The molecular weight excluding hydrogens is 148 g/mol. The van der Waals surface area contributed by atoms with Crippen molar-refractivity contribution in [1.82, 2.24) is 4.90 Å². The lowest BCUT2D eigenvalue weighted by Gasteiger charge is -2.25. The first-order chi connectivity index (χ1) is 5.67. The summed E-state index contributed by atoms with van der Waals surface area (Å²) in [7, 11) is 1.84. The maximum absolute atomic E-state index is 4.24. The highest BCUT2D eigenvalue weighted by Crippen LogP contribution is 2.03. The van der Waals surface area contributed by atoms with Gasteiger partial charge in [-0.05, 0) is 20.8 Å². The van der Waals surface area contributed by atoms with E-state index in [9.17, 15) is 0 Å². The molecule has 0 saturated heterocycles. The maximum Gasteiger partial charge on any atom is 0.102 e. The third kappa shape index (κ3) is 3.07. The van der Waals surface area contributed by atoms with Gasteiger partial charge in [-0.25, -0.2) is 0 Å². The summed E-state index contributed by atoms with van der Waals surface area (Å²) in [5.41, 5.74) is 0. The van der Waals surface area contributed by atoms with Gasteiger partial charge in [-0.15, -0.1) is 0 Å². The highest BCUT2D eigenvalue weighted by Gasteiger charge is 2.08. The van der Waals surface area contributed by atoms with E-state index >= 15 is 0 Å². The molecule has 12 heavy (non-hydrogen) atoms. The Morgan fingerprint density at radius 2 is 2.08 bits per heavy atom. The van der Waals surface area contributed by atoms with E-state index < -0.39 is 0 Å². The summed E-state index contributed by atoms with van der Waals surface area (Å²) < 4.78 is 0. The third-order valence-electron chi connectivity index (χ3n) is 1.74. The number of nitrogens with zero attached hydrogens (tertiary/aromatic N) is 2. The van der Waals surface area contributed by atoms with Crippen LogP contribution in [0.4, 0.5) is 0 Å². The number of amidine groups is 1. The van der Waals surface area contributed by atoms with Crippen LogP contribution in [-0.2, 0) is 0 Å². The van der Waals surface area contributed by atoms with Crippen molar-refractivity contribution in [2.24, 2.45) is 4.99 Å². The quantitative estimate of drug-likeness (QED) is 0.467. The molecule has 2 heteroatoms. The Kier molecular flexibility index (Phi) is 5.43. The molecule has 0 unspecified atom stereocenters. The minimum absolute atomic E-state index is 0.486. The summed E-state index contributed by atoms with van der Waals surface area (Å²) in [4.78, 5) is 6.43. The molecule has 0 aliphatic rings. The molecule has 0 amide bonds. The standard InChI is InChI=1S/C10H20N2/c1-6-8-12(9(3)4)10(7-2)11-5/h6,8-9H,7H2,1-5H3/b8-6-,11-10?. The molecule has 0 heterocycles. The van der Waals surface area contributed by atoms with E-state index in [1.54, 1.807) is 0 Å².